The fourth-order valence-corrected chi connectivity index (χ4v) is 2.07. The predicted octanol–water partition coefficient (Wildman–Crippen LogP) is 1.14. The number of aromatic nitrogens is 1. The Morgan fingerprint density at radius 3 is 2.73 bits per heavy atom. The van der Waals surface area contributed by atoms with Gasteiger partial charge in [0.25, 0.3) is 0 Å². The molecular formula is C12H19N3. The van der Waals surface area contributed by atoms with Gasteiger partial charge in [-0.15, -0.1) is 0 Å². The molecule has 1 aliphatic heterocycles. The van der Waals surface area contributed by atoms with Gasteiger partial charge < -0.3 is 10.2 Å². The second-order valence-corrected chi connectivity index (χ2v) is 4.37. The van der Waals surface area contributed by atoms with Crippen LogP contribution in [0.25, 0.3) is 0 Å². The number of nitrogens with zero attached hydrogens (tertiary/aromatic N) is 2. The van der Waals surface area contributed by atoms with E-state index in [0.29, 0.717) is 0 Å². The molecule has 3 nitrogen and oxygen atoms in total. The lowest BCUT2D eigenvalue weighted by molar-refractivity contribution is 0.708. The van der Waals surface area contributed by atoms with Crippen molar-refractivity contribution in [3.05, 3.63) is 22.9 Å². The summed E-state index contributed by atoms with van der Waals surface area (Å²) in [6, 6.07) is 2.18. The van der Waals surface area contributed by atoms with Crippen LogP contribution in [0.2, 0.25) is 0 Å². The predicted molar refractivity (Wildman–Crippen MR) is 63.6 cm³/mol. The van der Waals surface area contributed by atoms with Crippen LogP contribution in [-0.4, -0.2) is 32.2 Å². The minimum absolute atomic E-state index is 1.05. The number of hydrogen-bond acceptors (Lipinski definition) is 3. The second kappa shape index (κ2) is 4.19. The van der Waals surface area contributed by atoms with Crippen molar-refractivity contribution in [2.75, 3.05) is 32.1 Å². The van der Waals surface area contributed by atoms with Crippen LogP contribution < -0.4 is 10.2 Å². The molecule has 1 aliphatic rings. The van der Waals surface area contributed by atoms with E-state index in [4.69, 9.17) is 4.98 Å². The van der Waals surface area contributed by atoms with Crippen molar-refractivity contribution >= 4 is 5.82 Å². The molecule has 0 aromatic carbocycles. The first kappa shape index (κ1) is 10.4. The van der Waals surface area contributed by atoms with Crippen molar-refractivity contribution in [2.45, 2.75) is 19.8 Å². The van der Waals surface area contributed by atoms with Gasteiger partial charge in [0.15, 0.2) is 0 Å². The first-order chi connectivity index (χ1) is 7.18. The maximum Gasteiger partial charge on any atom is 0.128 e. The fraction of sp³-hybridized carbons (Fsp3) is 0.583. The van der Waals surface area contributed by atoms with Gasteiger partial charge >= 0.3 is 0 Å². The highest BCUT2D eigenvalue weighted by molar-refractivity contribution is 5.45. The third-order valence-electron chi connectivity index (χ3n) is 2.97. The molecule has 0 bridgehead atoms. The lowest BCUT2D eigenvalue weighted by Crippen LogP contribution is -2.16. The number of anilines is 1. The van der Waals surface area contributed by atoms with Crippen LogP contribution in [0.4, 0.5) is 5.82 Å². The molecule has 3 heteroatoms. The number of fused-ring (bicyclic) bond motifs is 1. The number of hydrogen-bond donors (Lipinski definition) is 1. The minimum atomic E-state index is 1.05. The van der Waals surface area contributed by atoms with E-state index >= 15 is 0 Å². The van der Waals surface area contributed by atoms with E-state index in [1.54, 1.807) is 0 Å². The fourth-order valence-electron chi connectivity index (χ4n) is 2.07. The maximum atomic E-state index is 4.72. The number of rotatable bonds is 1. The number of pyridine rings is 1. The summed E-state index contributed by atoms with van der Waals surface area (Å²) in [5.74, 6) is 1.08. The Morgan fingerprint density at radius 1 is 1.27 bits per heavy atom. The summed E-state index contributed by atoms with van der Waals surface area (Å²) < 4.78 is 0. The summed E-state index contributed by atoms with van der Waals surface area (Å²) in [5.41, 5.74) is 4.11. The van der Waals surface area contributed by atoms with Crippen LogP contribution >= 0.6 is 0 Å². The minimum Gasteiger partial charge on any atom is -0.363 e. The van der Waals surface area contributed by atoms with E-state index in [-0.39, 0.29) is 0 Å². The van der Waals surface area contributed by atoms with E-state index in [9.17, 15) is 0 Å². The molecule has 1 aromatic heterocycles. The molecule has 15 heavy (non-hydrogen) atoms. The van der Waals surface area contributed by atoms with Crippen LogP contribution in [0, 0.1) is 6.92 Å². The summed E-state index contributed by atoms with van der Waals surface area (Å²) in [7, 11) is 4.09. The Morgan fingerprint density at radius 2 is 2.00 bits per heavy atom. The molecule has 0 aliphatic carbocycles. The lowest BCUT2D eigenvalue weighted by atomic mass is 10.0. The molecule has 0 radical (unpaired) electrons. The molecule has 1 aromatic rings. The average Bonchev–Trinajstić information content (AvgIpc) is 2.42. The molecular weight excluding hydrogens is 186 g/mol. The Hall–Kier alpha value is -1.09. The van der Waals surface area contributed by atoms with Crippen molar-refractivity contribution in [2.24, 2.45) is 0 Å². The van der Waals surface area contributed by atoms with Gasteiger partial charge in [0, 0.05) is 32.8 Å². The van der Waals surface area contributed by atoms with Crippen LogP contribution in [0.15, 0.2) is 6.07 Å². The molecule has 0 saturated carbocycles. The standard InChI is InChI=1S/C12H19N3/c1-9-8-12(15(2)3)14-11-5-7-13-6-4-10(9)11/h8,13H,4-7H2,1-3H3. The highest BCUT2D eigenvalue weighted by atomic mass is 15.1. The van der Waals surface area contributed by atoms with Crippen LogP contribution in [0.5, 0.6) is 0 Å². The summed E-state index contributed by atoms with van der Waals surface area (Å²) >= 11 is 0. The maximum absolute atomic E-state index is 4.72. The van der Waals surface area contributed by atoms with Gasteiger partial charge in [-0.25, -0.2) is 4.98 Å². The summed E-state index contributed by atoms with van der Waals surface area (Å²) in [6.07, 6.45) is 2.17. The van der Waals surface area contributed by atoms with Crippen molar-refractivity contribution in [1.82, 2.24) is 10.3 Å². The quantitative estimate of drug-likeness (QED) is 0.745. The first-order valence-corrected chi connectivity index (χ1v) is 5.56. The van der Waals surface area contributed by atoms with Crippen molar-refractivity contribution < 1.29 is 0 Å². The monoisotopic (exact) mass is 205 g/mol. The summed E-state index contributed by atoms with van der Waals surface area (Å²) in [6.45, 7) is 4.33. The Bertz CT molecular complexity index is 358. The van der Waals surface area contributed by atoms with E-state index in [0.717, 1.165) is 31.7 Å². The highest BCUT2D eigenvalue weighted by Crippen LogP contribution is 2.20. The van der Waals surface area contributed by atoms with Gasteiger partial charge in [-0.2, -0.15) is 0 Å². The number of nitrogens with one attached hydrogen (secondary N) is 1. The van der Waals surface area contributed by atoms with Gasteiger partial charge in [0.2, 0.25) is 0 Å². The largest absolute Gasteiger partial charge is 0.363 e. The zero-order chi connectivity index (χ0) is 10.8. The van der Waals surface area contributed by atoms with Gasteiger partial charge in [-0.05, 0) is 37.1 Å². The molecule has 0 unspecified atom stereocenters. The van der Waals surface area contributed by atoms with Crippen LogP contribution in [0.1, 0.15) is 16.8 Å². The highest BCUT2D eigenvalue weighted by Gasteiger charge is 2.13. The SMILES string of the molecule is Cc1cc(N(C)C)nc2c1CCNCC2. The lowest BCUT2D eigenvalue weighted by Gasteiger charge is -2.16. The normalized spacial score (nSPS) is 15.7. The molecule has 0 saturated heterocycles. The number of aryl methyl sites for hydroxylation is 1. The zero-order valence-corrected chi connectivity index (χ0v) is 9.80. The summed E-state index contributed by atoms with van der Waals surface area (Å²) in [5, 5.41) is 3.42. The van der Waals surface area contributed by atoms with Gasteiger partial charge in [-0.3, -0.25) is 0 Å². The first-order valence-electron chi connectivity index (χ1n) is 5.56. The Labute approximate surface area is 91.5 Å². The van der Waals surface area contributed by atoms with Crippen LogP contribution in [0.3, 0.4) is 0 Å². The van der Waals surface area contributed by atoms with Gasteiger partial charge in [-0.1, -0.05) is 0 Å². The van der Waals surface area contributed by atoms with E-state index in [1.165, 1.54) is 16.8 Å². The third-order valence-corrected chi connectivity index (χ3v) is 2.97. The molecule has 0 amide bonds. The average molecular weight is 205 g/mol. The topological polar surface area (TPSA) is 28.2 Å². The Kier molecular flexibility index (Phi) is 2.91. The van der Waals surface area contributed by atoms with Crippen molar-refractivity contribution in [3.8, 4) is 0 Å². The van der Waals surface area contributed by atoms with E-state index in [2.05, 4.69) is 23.2 Å². The van der Waals surface area contributed by atoms with E-state index in [1.807, 2.05) is 14.1 Å². The van der Waals surface area contributed by atoms with E-state index < -0.39 is 0 Å². The molecule has 2 heterocycles. The summed E-state index contributed by atoms with van der Waals surface area (Å²) in [4.78, 5) is 6.79. The smallest absolute Gasteiger partial charge is 0.128 e. The molecule has 0 fully saturated rings. The molecule has 0 spiro atoms. The Balaban J connectivity index is 2.44. The molecule has 2 rings (SSSR count). The molecule has 82 valence electrons. The van der Waals surface area contributed by atoms with Crippen molar-refractivity contribution in [3.63, 3.8) is 0 Å². The van der Waals surface area contributed by atoms with Crippen LogP contribution in [-0.2, 0) is 12.8 Å². The molecule has 1 N–H and O–H groups in total. The molecule has 0 atom stereocenters. The van der Waals surface area contributed by atoms with Gasteiger partial charge in [0.1, 0.15) is 5.82 Å². The third kappa shape index (κ3) is 2.12. The van der Waals surface area contributed by atoms with Crippen molar-refractivity contribution in [1.29, 1.82) is 0 Å². The van der Waals surface area contributed by atoms with Gasteiger partial charge in [0.05, 0.1) is 0 Å². The second-order valence-electron chi connectivity index (χ2n) is 4.37. The zero-order valence-electron chi connectivity index (χ0n) is 9.80.